The second kappa shape index (κ2) is 3.79. The first-order valence-corrected chi connectivity index (χ1v) is 4.79. The average molecular weight is 178 g/mol. The zero-order chi connectivity index (χ0) is 9.10. The normalized spacial score (nSPS) is 18.7. The van der Waals surface area contributed by atoms with Gasteiger partial charge in [-0.15, -0.1) is 0 Å². The van der Waals surface area contributed by atoms with E-state index in [0.29, 0.717) is 0 Å². The van der Waals surface area contributed by atoms with Crippen molar-refractivity contribution in [2.75, 3.05) is 6.61 Å². The van der Waals surface area contributed by atoms with Crippen LogP contribution < -0.4 is 4.74 Å². The minimum absolute atomic E-state index is 0.109. The average Bonchev–Trinajstić information content (AvgIpc) is 2.13. The molecule has 0 N–H and O–H groups in total. The molecule has 2 heteroatoms. The van der Waals surface area contributed by atoms with Crippen LogP contribution in [0.1, 0.15) is 31.6 Å². The van der Waals surface area contributed by atoms with Crippen LogP contribution in [0.25, 0.3) is 0 Å². The van der Waals surface area contributed by atoms with E-state index >= 15 is 0 Å². The van der Waals surface area contributed by atoms with E-state index in [1.165, 1.54) is 5.56 Å². The molecular formula is C11H14O2. The first kappa shape index (κ1) is 8.57. The van der Waals surface area contributed by atoms with Crippen molar-refractivity contribution in [1.82, 2.24) is 0 Å². The van der Waals surface area contributed by atoms with Gasteiger partial charge < -0.3 is 9.47 Å². The van der Waals surface area contributed by atoms with E-state index in [0.717, 1.165) is 25.2 Å². The Morgan fingerprint density at radius 3 is 3.00 bits per heavy atom. The Hall–Kier alpha value is -1.02. The third kappa shape index (κ3) is 1.68. The van der Waals surface area contributed by atoms with Crippen LogP contribution in [0.4, 0.5) is 0 Å². The summed E-state index contributed by atoms with van der Waals surface area (Å²) in [6.07, 6.45) is 2.15. The van der Waals surface area contributed by atoms with Crippen molar-refractivity contribution in [2.45, 2.75) is 26.1 Å². The van der Waals surface area contributed by atoms with Crippen molar-refractivity contribution in [3.63, 3.8) is 0 Å². The van der Waals surface area contributed by atoms with Gasteiger partial charge in [0.25, 0.3) is 0 Å². The molecule has 70 valence electrons. The summed E-state index contributed by atoms with van der Waals surface area (Å²) in [5.41, 5.74) is 1.18. The molecule has 2 rings (SSSR count). The molecule has 1 atom stereocenters. The Morgan fingerprint density at radius 2 is 2.23 bits per heavy atom. The van der Waals surface area contributed by atoms with Gasteiger partial charge in [-0.05, 0) is 18.6 Å². The molecule has 13 heavy (non-hydrogen) atoms. The van der Waals surface area contributed by atoms with Gasteiger partial charge in [0, 0.05) is 0 Å². The summed E-state index contributed by atoms with van der Waals surface area (Å²) in [7, 11) is 0. The monoisotopic (exact) mass is 178 g/mol. The molecule has 1 aromatic rings. The van der Waals surface area contributed by atoms with Crippen molar-refractivity contribution in [1.29, 1.82) is 0 Å². The van der Waals surface area contributed by atoms with E-state index in [-0.39, 0.29) is 6.29 Å². The quantitative estimate of drug-likeness (QED) is 0.660. The van der Waals surface area contributed by atoms with Crippen molar-refractivity contribution >= 4 is 0 Å². The van der Waals surface area contributed by atoms with E-state index in [9.17, 15) is 0 Å². The molecule has 0 spiro atoms. The third-order valence-electron chi connectivity index (χ3n) is 2.17. The number of ether oxygens (including phenoxy) is 2. The lowest BCUT2D eigenvalue weighted by atomic mass is 10.1. The smallest absolute Gasteiger partial charge is 0.230 e. The van der Waals surface area contributed by atoms with Crippen LogP contribution in [0.5, 0.6) is 5.75 Å². The summed E-state index contributed by atoms with van der Waals surface area (Å²) in [6, 6.07) is 8.00. The summed E-state index contributed by atoms with van der Waals surface area (Å²) < 4.78 is 10.9. The predicted molar refractivity (Wildman–Crippen MR) is 50.7 cm³/mol. The molecule has 0 fully saturated rings. The van der Waals surface area contributed by atoms with Gasteiger partial charge in [-0.25, -0.2) is 0 Å². The van der Waals surface area contributed by atoms with Gasteiger partial charge in [0.1, 0.15) is 5.75 Å². The van der Waals surface area contributed by atoms with Crippen molar-refractivity contribution < 1.29 is 9.47 Å². The molecule has 2 nitrogen and oxygen atoms in total. The van der Waals surface area contributed by atoms with Crippen LogP contribution in [0.3, 0.4) is 0 Å². The highest BCUT2D eigenvalue weighted by atomic mass is 16.7. The zero-order valence-corrected chi connectivity index (χ0v) is 7.82. The Kier molecular flexibility index (Phi) is 2.50. The van der Waals surface area contributed by atoms with Crippen molar-refractivity contribution in [3.8, 4) is 5.75 Å². The highest BCUT2D eigenvalue weighted by molar-refractivity contribution is 5.40. The number of rotatable bonds is 4. The van der Waals surface area contributed by atoms with Gasteiger partial charge in [-0.2, -0.15) is 0 Å². The number of benzene rings is 1. The van der Waals surface area contributed by atoms with Gasteiger partial charge in [0.05, 0.1) is 12.2 Å². The molecule has 0 amide bonds. The Morgan fingerprint density at radius 1 is 1.38 bits per heavy atom. The van der Waals surface area contributed by atoms with Crippen LogP contribution in [0.15, 0.2) is 24.3 Å². The highest BCUT2D eigenvalue weighted by Crippen LogP contribution is 2.39. The molecular weight excluding hydrogens is 164 g/mol. The van der Waals surface area contributed by atoms with E-state index in [1.54, 1.807) is 0 Å². The van der Waals surface area contributed by atoms with Crippen LogP contribution in [-0.4, -0.2) is 6.61 Å². The SMILES string of the molecule is CCCCOC1Oc2ccccc21. The summed E-state index contributed by atoms with van der Waals surface area (Å²) in [4.78, 5) is 0. The van der Waals surface area contributed by atoms with Gasteiger partial charge >= 0.3 is 0 Å². The fourth-order valence-corrected chi connectivity index (χ4v) is 1.36. The van der Waals surface area contributed by atoms with Crippen LogP contribution in [-0.2, 0) is 4.74 Å². The molecule has 1 aromatic carbocycles. The largest absolute Gasteiger partial charge is 0.460 e. The van der Waals surface area contributed by atoms with E-state index in [2.05, 4.69) is 13.0 Å². The molecule has 0 aromatic heterocycles. The number of unbranched alkanes of at least 4 members (excludes halogenated alkanes) is 1. The second-order valence-electron chi connectivity index (χ2n) is 3.21. The molecule has 1 aliphatic heterocycles. The minimum Gasteiger partial charge on any atom is -0.460 e. The van der Waals surface area contributed by atoms with E-state index < -0.39 is 0 Å². The lowest BCUT2D eigenvalue weighted by Gasteiger charge is -2.30. The minimum atomic E-state index is -0.109. The van der Waals surface area contributed by atoms with Crippen LogP contribution >= 0.6 is 0 Å². The van der Waals surface area contributed by atoms with Gasteiger partial charge in [0.15, 0.2) is 0 Å². The fourth-order valence-electron chi connectivity index (χ4n) is 1.36. The van der Waals surface area contributed by atoms with Gasteiger partial charge in [-0.1, -0.05) is 25.5 Å². The molecule has 1 unspecified atom stereocenters. The highest BCUT2D eigenvalue weighted by Gasteiger charge is 2.27. The van der Waals surface area contributed by atoms with Crippen molar-refractivity contribution in [2.24, 2.45) is 0 Å². The van der Waals surface area contributed by atoms with Gasteiger partial charge in [0.2, 0.25) is 6.29 Å². The Balaban J connectivity index is 1.87. The number of para-hydroxylation sites is 1. The molecule has 0 saturated heterocycles. The number of hydrogen-bond acceptors (Lipinski definition) is 2. The summed E-state index contributed by atoms with van der Waals surface area (Å²) in [5, 5.41) is 0. The molecule has 0 aliphatic carbocycles. The maximum absolute atomic E-state index is 5.52. The Labute approximate surface area is 78.5 Å². The first-order valence-electron chi connectivity index (χ1n) is 4.79. The number of hydrogen-bond donors (Lipinski definition) is 0. The van der Waals surface area contributed by atoms with Crippen LogP contribution in [0.2, 0.25) is 0 Å². The Bertz CT molecular complexity index is 283. The molecule has 0 radical (unpaired) electrons. The summed E-state index contributed by atoms with van der Waals surface area (Å²) in [6.45, 7) is 2.94. The summed E-state index contributed by atoms with van der Waals surface area (Å²) in [5.74, 6) is 0.962. The fraction of sp³-hybridized carbons (Fsp3) is 0.455. The van der Waals surface area contributed by atoms with Crippen LogP contribution in [0, 0.1) is 0 Å². The van der Waals surface area contributed by atoms with Gasteiger partial charge in [-0.3, -0.25) is 0 Å². The third-order valence-corrected chi connectivity index (χ3v) is 2.17. The lowest BCUT2D eigenvalue weighted by Crippen LogP contribution is -2.22. The maximum atomic E-state index is 5.52. The van der Waals surface area contributed by atoms with E-state index in [1.807, 2.05) is 18.2 Å². The van der Waals surface area contributed by atoms with E-state index in [4.69, 9.17) is 9.47 Å². The standard InChI is InChI=1S/C11H14O2/c1-2-3-8-12-11-9-6-4-5-7-10(9)13-11/h4-7,11H,2-3,8H2,1H3. The number of fused-ring (bicyclic) bond motifs is 1. The maximum Gasteiger partial charge on any atom is 0.230 e. The molecule has 1 aliphatic rings. The first-order chi connectivity index (χ1) is 6.42. The molecule has 1 heterocycles. The molecule has 0 bridgehead atoms. The summed E-state index contributed by atoms with van der Waals surface area (Å²) >= 11 is 0. The topological polar surface area (TPSA) is 18.5 Å². The second-order valence-corrected chi connectivity index (χ2v) is 3.21. The predicted octanol–water partition coefficient (Wildman–Crippen LogP) is 2.89. The zero-order valence-electron chi connectivity index (χ0n) is 7.82. The lowest BCUT2D eigenvalue weighted by molar-refractivity contribution is -0.115. The molecule has 0 saturated carbocycles. The van der Waals surface area contributed by atoms with Crippen molar-refractivity contribution in [3.05, 3.63) is 29.8 Å².